The number of hydrogen-bond acceptors (Lipinski definition) is 11. The van der Waals surface area contributed by atoms with E-state index >= 15 is 0 Å². The number of para-hydroxylation sites is 1. The second-order valence-corrected chi connectivity index (χ2v) is 11.9. The van der Waals surface area contributed by atoms with E-state index in [0.717, 1.165) is 12.0 Å². The molecule has 1 aliphatic rings. The number of nitrogens with one attached hydrogen (secondary N) is 2. The molecule has 1 saturated carbocycles. The summed E-state index contributed by atoms with van der Waals surface area (Å²) in [6.07, 6.45) is 4.70. The number of nitrogens with two attached hydrogens (primary N) is 1. The van der Waals surface area contributed by atoms with Gasteiger partial charge in [-0.1, -0.05) is 31.5 Å². The van der Waals surface area contributed by atoms with Crippen LogP contribution in [0.15, 0.2) is 47.0 Å². The van der Waals surface area contributed by atoms with Crippen LogP contribution < -0.4 is 20.9 Å². The van der Waals surface area contributed by atoms with Gasteiger partial charge in [-0.25, -0.2) is 9.55 Å². The fourth-order valence-corrected chi connectivity index (χ4v) is 5.83. The molecule has 0 amide bonds. The van der Waals surface area contributed by atoms with E-state index in [0.29, 0.717) is 12.8 Å². The third-order valence-corrected chi connectivity index (χ3v) is 8.20. The van der Waals surface area contributed by atoms with Crippen LogP contribution in [0.1, 0.15) is 47.0 Å². The Bertz CT molecular complexity index is 1570. The number of H-pyrrole nitrogens is 1. The van der Waals surface area contributed by atoms with E-state index in [1.54, 1.807) is 43.5 Å². The van der Waals surface area contributed by atoms with Crippen LogP contribution in [0.25, 0.3) is 17.4 Å². The van der Waals surface area contributed by atoms with Crippen molar-refractivity contribution in [2.24, 2.45) is 5.41 Å². The van der Waals surface area contributed by atoms with Crippen LogP contribution >= 0.6 is 7.75 Å². The van der Waals surface area contributed by atoms with Crippen LogP contribution in [0.2, 0.25) is 0 Å². The van der Waals surface area contributed by atoms with E-state index in [-0.39, 0.29) is 42.2 Å². The van der Waals surface area contributed by atoms with Gasteiger partial charge < -0.3 is 19.7 Å². The van der Waals surface area contributed by atoms with Gasteiger partial charge in [0.2, 0.25) is 5.95 Å². The van der Waals surface area contributed by atoms with Gasteiger partial charge in [0.15, 0.2) is 11.2 Å². The summed E-state index contributed by atoms with van der Waals surface area (Å²) >= 11 is 0. The topological polar surface area (TPSA) is 190 Å². The van der Waals surface area contributed by atoms with Crippen LogP contribution in [0, 0.1) is 5.41 Å². The van der Waals surface area contributed by atoms with Crippen molar-refractivity contribution in [2.75, 3.05) is 18.9 Å². The highest BCUT2D eigenvalue weighted by Crippen LogP contribution is 2.56. The number of aromatic amines is 1. The second-order valence-electron chi connectivity index (χ2n) is 10.2. The lowest BCUT2D eigenvalue weighted by atomic mass is 10.1. The minimum atomic E-state index is -4.18. The Labute approximate surface area is 242 Å². The molecule has 2 aromatic heterocycles. The number of aromatic nitrogens is 4. The number of fused-ring (bicyclic) bond motifs is 1. The molecule has 1 aliphatic carbocycles. The molecule has 15 heteroatoms. The van der Waals surface area contributed by atoms with Gasteiger partial charge in [-0.2, -0.15) is 10.1 Å². The highest BCUT2D eigenvalue weighted by Gasteiger charge is 2.52. The first-order chi connectivity index (χ1) is 19.9. The van der Waals surface area contributed by atoms with E-state index in [1.165, 1.54) is 24.7 Å². The summed E-state index contributed by atoms with van der Waals surface area (Å²) in [5.41, 5.74) is 5.43. The maximum atomic E-state index is 14.0. The van der Waals surface area contributed by atoms with Gasteiger partial charge in [0.25, 0.3) is 5.56 Å². The van der Waals surface area contributed by atoms with Gasteiger partial charge >= 0.3 is 19.7 Å². The molecule has 0 spiro atoms. The predicted octanol–water partition coefficient (Wildman–Crippen LogP) is 3.41. The minimum absolute atomic E-state index is 0.0697. The number of rotatable bonds is 14. The molecule has 0 aliphatic heterocycles. The fourth-order valence-electron chi connectivity index (χ4n) is 4.25. The third kappa shape index (κ3) is 7.64. The number of esters is 2. The highest BCUT2D eigenvalue weighted by molar-refractivity contribution is 7.52. The molecule has 1 fully saturated rings. The van der Waals surface area contributed by atoms with E-state index in [9.17, 15) is 18.9 Å². The zero-order valence-corrected chi connectivity index (χ0v) is 24.8. The molecule has 1 unspecified atom stereocenters. The molecule has 14 nitrogen and oxygen atoms in total. The Morgan fingerprint density at radius 2 is 2.00 bits per heavy atom. The van der Waals surface area contributed by atoms with Crippen LogP contribution in [0.3, 0.4) is 0 Å². The fraction of sp³-hybridized carbons (Fsp3) is 0.444. The number of anilines is 1. The van der Waals surface area contributed by atoms with Crippen LogP contribution in [-0.2, 0) is 28.2 Å². The number of hydrogen-bond donors (Lipinski definition) is 3. The maximum Gasteiger partial charge on any atom is 0.459 e. The molecule has 226 valence electrons. The lowest BCUT2D eigenvalue weighted by Gasteiger charge is -2.25. The molecular formula is C27H35N6O8P. The Morgan fingerprint density at radius 3 is 2.69 bits per heavy atom. The number of imidazole rings is 1. The predicted molar refractivity (Wildman–Crippen MR) is 154 cm³/mol. The van der Waals surface area contributed by atoms with Crippen molar-refractivity contribution in [3.05, 3.63) is 52.6 Å². The van der Waals surface area contributed by atoms with Gasteiger partial charge in [0.05, 0.1) is 18.1 Å². The number of nitrogens with zero attached hydrogens (tertiary/aromatic N) is 3. The largest absolute Gasteiger partial charge is 0.465 e. The van der Waals surface area contributed by atoms with Crippen LogP contribution in [0.5, 0.6) is 5.75 Å². The third-order valence-electron chi connectivity index (χ3n) is 6.58. The molecule has 2 heterocycles. The van der Waals surface area contributed by atoms with Crippen molar-refractivity contribution in [2.45, 2.75) is 59.1 Å². The van der Waals surface area contributed by atoms with E-state index in [1.807, 2.05) is 6.92 Å². The van der Waals surface area contributed by atoms with E-state index in [2.05, 4.69) is 20.0 Å². The Morgan fingerprint density at radius 1 is 1.26 bits per heavy atom. The SMILES string of the molecule is CCC[C@H](C)OC(=O)C(C)N[P@](=O)(OC[C@]1(COC(C)=O)C/C1=C/n1cnc2c(=O)[nH]c(N)nc21)Oc1ccccc1. The summed E-state index contributed by atoms with van der Waals surface area (Å²) in [6.45, 7) is 6.28. The highest BCUT2D eigenvalue weighted by atomic mass is 31.2. The maximum absolute atomic E-state index is 14.0. The molecule has 0 radical (unpaired) electrons. The first-order valence-corrected chi connectivity index (χ1v) is 15.0. The molecule has 4 atom stereocenters. The quantitative estimate of drug-likeness (QED) is 0.180. The molecule has 4 rings (SSSR count). The lowest BCUT2D eigenvalue weighted by Crippen LogP contribution is -2.37. The molecular weight excluding hydrogens is 567 g/mol. The summed E-state index contributed by atoms with van der Waals surface area (Å²) in [5, 5.41) is 2.68. The standard InChI is InChI=1S/C27H35N6O8P/c1-5-9-17(2)40-25(36)18(3)32-42(37,41-21-10-7-6-8-11-21)39-15-27(14-38-19(4)34)12-20(27)13-33-16-29-22-23(33)30-26(28)31-24(22)35/h6-8,10-11,13,16-18H,5,9,12,14-15H2,1-4H3,(H,32,37)(H3,28,30,31,35)/b20-13-/t17-,18?,27+,42-/m0/s1. The molecule has 0 saturated heterocycles. The van der Waals surface area contributed by atoms with Gasteiger partial charge in [-0.3, -0.25) is 28.5 Å². The number of carbonyl (C=O) groups is 2. The van der Waals surface area contributed by atoms with Gasteiger partial charge in [0, 0.05) is 13.1 Å². The zero-order valence-electron chi connectivity index (χ0n) is 23.9. The summed E-state index contributed by atoms with van der Waals surface area (Å²) in [7, 11) is -4.18. The number of carbonyl (C=O) groups excluding carboxylic acids is 2. The zero-order chi connectivity index (χ0) is 30.5. The molecule has 0 bridgehead atoms. The average molecular weight is 603 g/mol. The van der Waals surface area contributed by atoms with E-state index < -0.39 is 36.7 Å². The molecule has 3 aromatic rings. The van der Waals surface area contributed by atoms with Crippen LogP contribution in [0.4, 0.5) is 5.95 Å². The molecule has 42 heavy (non-hydrogen) atoms. The van der Waals surface area contributed by atoms with Gasteiger partial charge in [-0.05, 0) is 44.4 Å². The first-order valence-electron chi connectivity index (χ1n) is 13.5. The van der Waals surface area contributed by atoms with Crippen molar-refractivity contribution in [3.63, 3.8) is 0 Å². The van der Waals surface area contributed by atoms with E-state index in [4.69, 9.17) is 24.3 Å². The summed E-state index contributed by atoms with van der Waals surface area (Å²) < 4.78 is 38.0. The monoisotopic (exact) mass is 602 g/mol. The summed E-state index contributed by atoms with van der Waals surface area (Å²) in [6, 6.07) is 7.36. The average Bonchev–Trinajstić information content (AvgIpc) is 3.46. The Balaban J connectivity index is 1.58. The lowest BCUT2D eigenvalue weighted by molar-refractivity contribution is -0.150. The normalized spacial score (nSPS) is 20.0. The van der Waals surface area contributed by atoms with Crippen LogP contribution in [-0.4, -0.2) is 56.8 Å². The molecule has 4 N–H and O–H groups in total. The van der Waals surface area contributed by atoms with Crippen molar-refractivity contribution < 1.29 is 32.7 Å². The van der Waals surface area contributed by atoms with Gasteiger partial charge in [-0.15, -0.1) is 0 Å². The summed E-state index contributed by atoms with van der Waals surface area (Å²) in [4.78, 5) is 47.2. The minimum Gasteiger partial charge on any atom is -0.465 e. The van der Waals surface area contributed by atoms with Crippen molar-refractivity contribution >= 4 is 43.0 Å². The molecule has 1 aromatic carbocycles. The number of benzene rings is 1. The van der Waals surface area contributed by atoms with Crippen molar-refractivity contribution in [1.29, 1.82) is 0 Å². The Kier molecular flexibility index (Phi) is 9.50. The second kappa shape index (κ2) is 12.9. The van der Waals surface area contributed by atoms with Crippen molar-refractivity contribution in [3.8, 4) is 5.75 Å². The van der Waals surface area contributed by atoms with Gasteiger partial charge in [0.1, 0.15) is 24.7 Å². The van der Waals surface area contributed by atoms with Crippen molar-refractivity contribution in [1.82, 2.24) is 24.6 Å². The Hall–Kier alpha value is -4.00. The first kappa shape index (κ1) is 30.9. The number of nitrogen functional groups attached to an aromatic ring is 1. The smallest absolute Gasteiger partial charge is 0.459 e. The summed E-state index contributed by atoms with van der Waals surface area (Å²) in [5.74, 6) is -0.923. The number of ether oxygens (including phenoxy) is 2.